The average Bonchev–Trinajstić information content (AvgIpc) is 2.47. The van der Waals surface area contributed by atoms with Crippen LogP contribution in [-0.2, 0) is 16.4 Å². The number of sulfonamides is 1. The molecule has 5 heteroatoms. The summed E-state index contributed by atoms with van der Waals surface area (Å²) < 4.78 is 28.3. The van der Waals surface area contributed by atoms with Crippen LogP contribution in [0.15, 0.2) is 57.9 Å². The first-order valence-corrected chi connectivity index (χ1v) is 9.12. The number of anilines is 1. The van der Waals surface area contributed by atoms with Crippen molar-refractivity contribution < 1.29 is 8.42 Å². The molecule has 3 rings (SSSR count). The molecule has 0 aliphatic carbocycles. The van der Waals surface area contributed by atoms with Gasteiger partial charge in [-0.1, -0.05) is 30.3 Å². The lowest BCUT2D eigenvalue weighted by molar-refractivity contribution is 0.563. The average molecular weight is 366 g/mol. The van der Waals surface area contributed by atoms with Gasteiger partial charge in [0.2, 0.25) is 0 Å². The standard InChI is InChI=1S/C16H16BrNO2S/c1-12-10-11-13-6-2-4-8-15(13)18(12)21(19,20)16-9-5-3-7-14(16)17/h2-9,12H,10-11H2,1H3/t12-/m0/s1. The van der Waals surface area contributed by atoms with Crippen molar-refractivity contribution in [3.63, 3.8) is 0 Å². The number of fused-ring (bicyclic) bond motifs is 1. The third-order valence-electron chi connectivity index (χ3n) is 3.83. The van der Waals surface area contributed by atoms with E-state index >= 15 is 0 Å². The quantitative estimate of drug-likeness (QED) is 0.806. The minimum absolute atomic E-state index is 0.0444. The Morgan fingerprint density at radius 3 is 2.52 bits per heavy atom. The molecule has 21 heavy (non-hydrogen) atoms. The zero-order valence-electron chi connectivity index (χ0n) is 11.7. The van der Waals surface area contributed by atoms with Gasteiger partial charge in [-0.05, 0) is 59.5 Å². The van der Waals surface area contributed by atoms with E-state index in [1.165, 1.54) is 0 Å². The van der Waals surface area contributed by atoms with E-state index in [2.05, 4.69) is 15.9 Å². The van der Waals surface area contributed by atoms with Gasteiger partial charge >= 0.3 is 0 Å². The molecule has 0 unspecified atom stereocenters. The predicted octanol–water partition coefficient (Wildman–Crippen LogP) is 3.98. The number of rotatable bonds is 2. The van der Waals surface area contributed by atoms with Gasteiger partial charge in [0, 0.05) is 10.5 Å². The minimum Gasteiger partial charge on any atom is -0.263 e. The number of hydrogen-bond acceptors (Lipinski definition) is 2. The van der Waals surface area contributed by atoms with Crippen LogP contribution in [0.2, 0.25) is 0 Å². The summed E-state index contributed by atoms with van der Waals surface area (Å²) in [6.45, 7) is 1.96. The second kappa shape index (κ2) is 5.46. The highest BCUT2D eigenvalue weighted by Crippen LogP contribution is 2.36. The molecule has 0 saturated heterocycles. The molecule has 110 valence electrons. The Labute approximate surface area is 133 Å². The fourth-order valence-corrected chi connectivity index (χ4v) is 5.47. The van der Waals surface area contributed by atoms with E-state index < -0.39 is 10.0 Å². The molecule has 2 aromatic rings. The highest BCUT2D eigenvalue weighted by atomic mass is 79.9. The molecule has 0 aromatic heterocycles. The van der Waals surface area contributed by atoms with Crippen LogP contribution in [0.3, 0.4) is 0 Å². The van der Waals surface area contributed by atoms with Gasteiger partial charge < -0.3 is 0 Å². The van der Waals surface area contributed by atoms with E-state index in [1.54, 1.807) is 22.5 Å². The van der Waals surface area contributed by atoms with Crippen LogP contribution in [0.25, 0.3) is 0 Å². The summed E-state index contributed by atoms with van der Waals surface area (Å²) in [7, 11) is -3.57. The number of nitrogens with zero attached hydrogens (tertiary/aromatic N) is 1. The van der Waals surface area contributed by atoms with Crippen LogP contribution < -0.4 is 4.31 Å². The molecule has 1 aliphatic heterocycles. The molecule has 0 bridgehead atoms. The van der Waals surface area contributed by atoms with Gasteiger partial charge in [0.15, 0.2) is 0 Å². The van der Waals surface area contributed by atoms with Gasteiger partial charge in [-0.15, -0.1) is 0 Å². The Hall–Kier alpha value is -1.33. The summed E-state index contributed by atoms with van der Waals surface area (Å²) in [5.41, 5.74) is 1.89. The van der Waals surface area contributed by atoms with Crippen molar-refractivity contribution in [3.8, 4) is 0 Å². The molecular formula is C16H16BrNO2S. The van der Waals surface area contributed by atoms with Gasteiger partial charge in [0.25, 0.3) is 10.0 Å². The van der Waals surface area contributed by atoms with Gasteiger partial charge in [-0.2, -0.15) is 0 Å². The molecule has 2 aromatic carbocycles. The van der Waals surface area contributed by atoms with Crippen molar-refractivity contribution in [2.24, 2.45) is 0 Å². The largest absolute Gasteiger partial charge is 0.265 e. The number of halogens is 1. The Bertz CT molecular complexity index is 773. The van der Waals surface area contributed by atoms with Gasteiger partial charge in [0.05, 0.1) is 5.69 Å². The van der Waals surface area contributed by atoms with Crippen LogP contribution in [0.5, 0.6) is 0 Å². The highest BCUT2D eigenvalue weighted by molar-refractivity contribution is 9.10. The molecule has 0 N–H and O–H groups in total. The lowest BCUT2D eigenvalue weighted by atomic mass is 9.99. The molecular weight excluding hydrogens is 350 g/mol. The Kier molecular flexibility index (Phi) is 3.80. The summed E-state index contributed by atoms with van der Waals surface area (Å²) >= 11 is 3.35. The first-order chi connectivity index (χ1) is 10.0. The second-order valence-corrected chi connectivity index (χ2v) is 7.89. The number of aryl methyl sites for hydroxylation is 1. The van der Waals surface area contributed by atoms with E-state index in [-0.39, 0.29) is 6.04 Å². The maximum Gasteiger partial charge on any atom is 0.265 e. The molecule has 0 fully saturated rings. The molecule has 1 aliphatic rings. The van der Waals surface area contributed by atoms with E-state index in [0.717, 1.165) is 24.1 Å². The van der Waals surface area contributed by atoms with Crippen molar-refractivity contribution >= 4 is 31.6 Å². The second-order valence-electron chi connectivity index (χ2n) is 5.25. The number of benzene rings is 2. The van der Waals surface area contributed by atoms with Crippen molar-refractivity contribution in [1.82, 2.24) is 0 Å². The first-order valence-electron chi connectivity index (χ1n) is 6.88. The van der Waals surface area contributed by atoms with Gasteiger partial charge in [0.1, 0.15) is 4.90 Å². The van der Waals surface area contributed by atoms with E-state index in [9.17, 15) is 8.42 Å². The number of para-hydroxylation sites is 1. The zero-order valence-corrected chi connectivity index (χ0v) is 14.1. The summed E-state index contributed by atoms with van der Waals surface area (Å²) in [5.74, 6) is 0. The monoisotopic (exact) mass is 365 g/mol. The van der Waals surface area contributed by atoms with Crippen molar-refractivity contribution in [2.45, 2.75) is 30.7 Å². The molecule has 0 amide bonds. The van der Waals surface area contributed by atoms with E-state index in [1.807, 2.05) is 37.3 Å². The maximum atomic E-state index is 13.1. The fourth-order valence-electron chi connectivity index (χ4n) is 2.78. The molecule has 0 radical (unpaired) electrons. The lowest BCUT2D eigenvalue weighted by Crippen LogP contribution is -2.42. The van der Waals surface area contributed by atoms with Gasteiger partial charge in [-0.25, -0.2) is 8.42 Å². The summed E-state index contributed by atoms with van der Waals surface area (Å²) in [5, 5.41) is 0. The predicted molar refractivity (Wildman–Crippen MR) is 88.0 cm³/mol. The summed E-state index contributed by atoms with van der Waals surface area (Å²) in [6, 6.07) is 14.7. The minimum atomic E-state index is -3.57. The van der Waals surface area contributed by atoms with E-state index in [4.69, 9.17) is 0 Å². The molecule has 1 heterocycles. The topological polar surface area (TPSA) is 37.4 Å². The maximum absolute atomic E-state index is 13.1. The Morgan fingerprint density at radius 2 is 1.76 bits per heavy atom. The van der Waals surface area contributed by atoms with Crippen molar-refractivity contribution in [3.05, 3.63) is 58.6 Å². The molecule has 1 atom stereocenters. The Balaban J connectivity index is 2.17. The zero-order chi connectivity index (χ0) is 15.0. The lowest BCUT2D eigenvalue weighted by Gasteiger charge is -2.36. The summed E-state index contributed by atoms with van der Waals surface area (Å²) in [4.78, 5) is 0.313. The molecule has 0 spiro atoms. The van der Waals surface area contributed by atoms with Crippen LogP contribution in [0, 0.1) is 0 Å². The van der Waals surface area contributed by atoms with Crippen LogP contribution in [0.4, 0.5) is 5.69 Å². The number of hydrogen-bond donors (Lipinski definition) is 0. The first kappa shape index (κ1) is 14.6. The molecule has 3 nitrogen and oxygen atoms in total. The highest BCUT2D eigenvalue weighted by Gasteiger charge is 2.34. The summed E-state index contributed by atoms with van der Waals surface area (Å²) in [6.07, 6.45) is 1.75. The van der Waals surface area contributed by atoms with Crippen LogP contribution in [0.1, 0.15) is 18.9 Å². The van der Waals surface area contributed by atoms with Crippen LogP contribution >= 0.6 is 15.9 Å². The third-order valence-corrected chi connectivity index (χ3v) is 6.77. The SMILES string of the molecule is C[C@H]1CCc2ccccc2N1S(=O)(=O)c1ccccc1Br. The smallest absolute Gasteiger partial charge is 0.263 e. The molecule has 0 saturated carbocycles. The van der Waals surface area contributed by atoms with Gasteiger partial charge in [-0.3, -0.25) is 4.31 Å². The van der Waals surface area contributed by atoms with E-state index in [0.29, 0.717) is 9.37 Å². The van der Waals surface area contributed by atoms with Crippen LogP contribution in [-0.4, -0.2) is 14.5 Å². The van der Waals surface area contributed by atoms with Crippen molar-refractivity contribution in [2.75, 3.05) is 4.31 Å². The fraction of sp³-hybridized carbons (Fsp3) is 0.250. The van der Waals surface area contributed by atoms with Crippen molar-refractivity contribution in [1.29, 1.82) is 0 Å². The Morgan fingerprint density at radius 1 is 1.10 bits per heavy atom. The normalized spacial score (nSPS) is 18.4. The third kappa shape index (κ3) is 2.49.